The zero-order valence-electron chi connectivity index (χ0n) is 17.6. The summed E-state index contributed by atoms with van der Waals surface area (Å²) in [4.78, 5) is 4.72. The van der Waals surface area contributed by atoms with Crippen molar-refractivity contribution in [3.05, 3.63) is 45.5 Å². The molecule has 0 amide bonds. The molecule has 0 radical (unpaired) electrons. The number of aliphatic imine (C=N–C) groups is 1. The normalized spacial score (nSPS) is 15.0. The number of hydrogen-bond donors (Lipinski definition) is 2. The van der Waals surface area contributed by atoms with Crippen LogP contribution in [0.15, 0.2) is 23.2 Å². The number of aromatic nitrogens is 3. The van der Waals surface area contributed by atoms with E-state index < -0.39 is 0 Å². The maximum Gasteiger partial charge on any atom is 0.191 e. The van der Waals surface area contributed by atoms with Gasteiger partial charge in [-0.1, -0.05) is 35.7 Å². The third-order valence-corrected chi connectivity index (χ3v) is 5.70. The zero-order valence-corrected chi connectivity index (χ0v) is 21.5. The van der Waals surface area contributed by atoms with E-state index in [9.17, 15) is 0 Å². The number of halogens is 3. The molecule has 2 aromatic rings. The van der Waals surface area contributed by atoms with Crippen molar-refractivity contribution >= 4 is 53.1 Å². The molecule has 9 heteroatoms. The van der Waals surface area contributed by atoms with Gasteiger partial charge in [-0.25, -0.2) is 0 Å². The summed E-state index contributed by atoms with van der Waals surface area (Å²) in [7, 11) is 0. The Hall–Kier alpha value is -1.06. The van der Waals surface area contributed by atoms with Crippen molar-refractivity contribution in [2.45, 2.75) is 65.0 Å². The van der Waals surface area contributed by atoms with Gasteiger partial charge in [0.25, 0.3) is 0 Å². The van der Waals surface area contributed by atoms with Gasteiger partial charge in [-0.2, -0.15) is 0 Å². The van der Waals surface area contributed by atoms with Gasteiger partial charge in [0.15, 0.2) is 5.96 Å². The topological polar surface area (TPSA) is 67.1 Å². The smallest absolute Gasteiger partial charge is 0.191 e. The number of rotatable bonds is 7. The SMILES string of the molecule is CCNC(=NCCCc1nnc2n1CCCCC2)NC(C)c1ccc(Cl)cc1Cl.I. The summed E-state index contributed by atoms with van der Waals surface area (Å²) in [6, 6.07) is 5.59. The maximum absolute atomic E-state index is 6.34. The zero-order chi connectivity index (χ0) is 20.6. The molecule has 3 rings (SSSR count). The van der Waals surface area contributed by atoms with E-state index in [0.29, 0.717) is 10.0 Å². The standard InChI is InChI=1S/C21H30Cl2N6.HI/c1-3-24-21(26-15(2)17-11-10-16(22)14-18(17)23)25-12-7-9-20-28-27-19-8-5-4-6-13-29(19)20;/h10-11,14-15H,3-9,12-13H2,1-2H3,(H2,24,25,26);1H. The van der Waals surface area contributed by atoms with Crippen LogP contribution in [-0.2, 0) is 19.4 Å². The van der Waals surface area contributed by atoms with Gasteiger partial charge < -0.3 is 15.2 Å². The van der Waals surface area contributed by atoms with Gasteiger partial charge in [-0.3, -0.25) is 4.99 Å². The average Bonchev–Trinajstić information content (AvgIpc) is 2.91. The lowest BCUT2D eigenvalue weighted by Crippen LogP contribution is -2.38. The molecular weight excluding hydrogens is 534 g/mol. The van der Waals surface area contributed by atoms with Crippen LogP contribution in [0.4, 0.5) is 0 Å². The highest BCUT2D eigenvalue weighted by molar-refractivity contribution is 14.0. The van der Waals surface area contributed by atoms with E-state index in [1.165, 1.54) is 19.3 Å². The second-order valence-electron chi connectivity index (χ2n) is 7.39. The Morgan fingerprint density at radius 1 is 1.23 bits per heavy atom. The molecular formula is C21H31Cl2IN6. The summed E-state index contributed by atoms with van der Waals surface area (Å²) in [6.07, 6.45) is 6.59. The van der Waals surface area contributed by atoms with E-state index >= 15 is 0 Å². The first-order chi connectivity index (χ1) is 14.1. The van der Waals surface area contributed by atoms with Crippen LogP contribution in [0.5, 0.6) is 0 Å². The molecule has 0 aliphatic carbocycles. The second kappa shape index (κ2) is 12.7. The summed E-state index contributed by atoms with van der Waals surface area (Å²) in [5.74, 6) is 3.02. The predicted molar refractivity (Wildman–Crippen MR) is 135 cm³/mol. The van der Waals surface area contributed by atoms with Gasteiger partial charge >= 0.3 is 0 Å². The molecule has 30 heavy (non-hydrogen) atoms. The van der Waals surface area contributed by atoms with Crippen LogP contribution < -0.4 is 10.6 Å². The number of nitrogens with zero attached hydrogens (tertiary/aromatic N) is 4. The van der Waals surface area contributed by atoms with Crippen LogP contribution in [0, 0.1) is 0 Å². The van der Waals surface area contributed by atoms with E-state index in [0.717, 1.165) is 62.1 Å². The van der Waals surface area contributed by atoms with Crippen molar-refractivity contribution in [1.29, 1.82) is 0 Å². The first-order valence-corrected chi connectivity index (χ1v) is 11.2. The molecule has 1 aliphatic rings. The Kier molecular flexibility index (Phi) is 10.7. The van der Waals surface area contributed by atoms with E-state index in [1.54, 1.807) is 6.07 Å². The lowest BCUT2D eigenvalue weighted by Gasteiger charge is -2.19. The number of hydrogen-bond acceptors (Lipinski definition) is 3. The molecule has 2 heterocycles. The fourth-order valence-corrected chi connectivity index (χ4v) is 4.19. The summed E-state index contributed by atoms with van der Waals surface area (Å²) >= 11 is 12.3. The quantitative estimate of drug-likeness (QED) is 0.210. The lowest BCUT2D eigenvalue weighted by molar-refractivity contribution is 0.597. The van der Waals surface area contributed by atoms with E-state index in [-0.39, 0.29) is 30.0 Å². The Balaban J connectivity index is 0.00000320. The molecule has 0 saturated heterocycles. The molecule has 2 N–H and O–H groups in total. The number of aryl methyl sites for hydroxylation is 2. The van der Waals surface area contributed by atoms with Crippen molar-refractivity contribution in [2.75, 3.05) is 13.1 Å². The Morgan fingerprint density at radius 3 is 2.83 bits per heavy atom. The van der Waals surface area contributed by atoms with Crippen molar-refractivity contribution < 1.29 is 0 Å². The minimum absolute atomic E-state index is 0. The monoisotopic (exact) mass is 564 g/mol. The van der Waals surface area contributed by atoms with E-state index in [2.05, 4.69) is 39.2 Å². The number of fused-ring (bicyclic) bond motifs is 1. The summed E-state index contributed by atoms with van der Waals surface area (Å²) in [5, 5.41) is 16.8. The van der Waals surface area contributed by atoms with Gasteiger partial charge in [0, 0.05) is 42.5 Å². The van der Waals surface area contributed by atoms with Gasteiger partial charge in [0.05, 0.1) is 6.04 Å². The van der Waals surface area contributed by atoms with Crippen molar-refractivity contribution in [1.82, 2.24) is 25.4 Å². The van der Waals surface area contributed by atoms with Crippen molar-refractivity contribution in [3.8, 4) is 0 Å². The van der Waals surface area contributed by atoms with Crippen LogP contribution in [0.3, 0.4) is 0 Å². The van der Waals surface area contributed by atoms with Crippen molar-refractivity contribution in [3.63, 3.8) is 0 Å². The molecule has 166 valence electrons. The third-order valence-electron chi connectivity index (χ3n) is 5.14. The minimum atomic E-state index is 0. The molecule has 0 bridgehead atoms. The fourth-order valence-electron chi connectivity index (χ4n) is 3.61. The maximum atomic E-state index is 6.34. The molecule has 1 aromatic carbocycles. The van der Waals surface area contributed by atoms with Crippen molar-refractivity contribution in [2.24, 2.45) is 4.99 Å². The Morgan fingerprint density at radius 2 is 2.07 bits per heavy atom. The van der Waals surface area contributed by atoms with E-state index in [1.807, 2.05) is 12.1 Å². The van der Waals surface area contributed by atoms with E-state index in [4.69, 9.17) is 28.2 Å². The molecule has 0 fully saturated rings. The number of guanidine groups is 1. The highest BCUT2D eigenvalue weighted by Gasteiger charge is 2.14. The average molecular weight is 565 g/mol. The minimum Gasteiger partial charge on any atom is -0.357 e. The van der Waals surface area contributed by atoms with Crippen LogP contribution in [-0.4, -0.2) is 33.8 Å². The molecule has 1 atom stereocenters. The first-order valence-electron chi connectivity index (χ1n) is 10.5. The fraction of sp³-hybridized carbons (Fsp3) is 0.571. The van der Waals surface area contributed by atoms with Crippen LogP contribution in [0.2, 0.25) is 10.0 Å². The molecule has 0 saturated carbocycles. The Bertz CT molecular complexity index is 839. The van der Waals surface area contributed by atoms with Crippen LogP contribution in [0.1, 0.15) is 62.8 Å². The number of nitrogens with one attached hydrogen (secondary N) is 2. The van der Waals surface area contributed by atoms with Gasteiger partial charge in [-0.15, -0.1) is 34.2 Å². The summed E-state index contributed by atoms with van der Waals surface area (Å²) in [5.41, 5.74) is 0.993. The Labute approximate surface area is 206 Å². The second-order valence-corrected chi connectivity index (χ2v) is 8.23. The van der Waals surface area contributed by atoms with Gasteiger partial charge in [0.2, 0.25) is 0 Å². The van der Waals surface area contributed by atoms with Crippen LogP contribution >= 0.6 is 47.2 Å². The largest absolute Gasteiger partial charge is 0.357 e. The lowest BCUT2D eigenvalue weighted by atomic mass is 10.1. The van der Waals surface area contributed by atoms with Gasteiger partial charge in [-0.05, 0) is 50.8 Å². The molecule has 1 unspecified atom stereocenters. The van der Waals surface area contributed by atoms with Gasteiger partial charge in [0.1, 0.15) is 11.6 Å². The molecule has 0 spiro atoms. The third kappa shape index (κ3) is 6.99. The van der Waals surface area contributed by atoms with Crippen LogP contribution in [0.25, 0.3) is 0 Å². The molecule has 1 aromatic heterocycles. The molecule has 6 nitrogen and oxygen atoms in total. The molecule has 1 aliphatic heterocycles. The highest BCUT2D eigenvalue weighted by atomic mass is 127. The summed E-state index contributed by atoms with van der Waals surface area (Å²) < 4.78 is 2.31. The highest BCUT2D eigenvalue weighted by Crippen LogP contribution is 2.26. The predicted octanol–water partition coefficient (Wildman–Crippen LogP) is 5.18. The first kappa shape index (κ1) is 25.2. The summed E-state index contributed by atoms with van der Waals surface area (Å²) in [6.45, 7) is 6.68. The number of benzene rings is 1.